The number of rotatable bonds is 4. The molecule has 1 aromatic rings. The monoisotopic (exact) mass is 257 g/mol. The van der Waals surface area contributed by atoms with Gasteiger partial charge in [-0.1, -0.05) is 6.07 Å². The zero-order chi connectivity index (χ0) is 13.2. The van der Waals surface area contributed by atoms with Gasteiger partial charge >= 0.3 is 5.97 Å². The van der Waals surface area contributed by atoms with Crippen LogP contribution in [0.4, 0.5) is 0 Å². The van der Waals surface area contributed by atoms with E-state index in [1.807, 2.05) is 6.07 Å². The molecular weight excluding hydrogens is 242 g/mol. The van der Waals surface area contributed by atoms with E-state index in [1.165, 1.54) is 19.1 Å². The van der Waals surface area contributed by atoms with Crippen molar-refractivity contribution in [2.24, 2.45) is 0 Å². The Kier molecular flexibility index (Phi) is 3.90. The largest absolute Gasteiger partial charge is 0.480 e. The highest BCUT2D eigenvalue weighted by Gasteiger charge is 2.21. The van der Waals surface area contributed by atoms with Gasteiger partial charge in [-0.2, -0.15) is 4.72 Å². The van der Waals surface area contributed by atoms with Gasteiger partial charge in [-0.15, -0.1) is 0 Å². The topological polar surface area (TPSA) is 83.5 Å². The van der Waals surface area contributed by atoms with E-state index in [0.29, 0.717) is 0 Å². The summed E-state index contributed by atoms with van der Waals surface area (Å²) in [5.41, 5.74) is 1.63. The lowest BCUT2D eigenvalue weighted by molar-refractivity contribution is -0.138. The van der Waals surface area contributed by atoms with Crippen molar-refractivity contribution in [3.63, 3.8) is 0 Å². The van der Waals surface area contributed by atoms with E-state index in [1.54, 1.807) is 13.8 Å². The van der Waals surface area contributed by atoms with Gasteiger partial charge in [0.2, 0.25) is 10.0 Å². The molecule has 0 saturated heterocycles. The van der Waals surface area contributed by atoms with Crippen LogP contribution in [0.2, 0.25) is 0 Å². The number of carboxylic acid groups (broad SMARTS) is 1. The average Bonchev–Trinajstić information content (AvgIpc) is 2.15. The summed E-state index contributed by atoms with van der Waals surface area (Å²) in [4.78, 5) is 10.7. The van der Waals surface area contributed by atoms with Crippen LogP contribution in [0.3, 0.4) is 0 Å². The molecule has 0 aliphatic carbocycles. The first kappa shape index (κ1) is 13.7. The number of nitrogens with one attached hydrogen (secondary N) is 1. The SMILES string of the molecule is Cc1cc(C)cc(S(=O)(=O)NC(C)C(=O)O)c1. The fourth-order valence-electron chi connectivity index (χ4n) is 1.44. The van der Waals surface area contributed by atoms with Crippen molar-refractivity contribution in [1.82, 2.24) is 4.72 Å². The molecule has 0 aliphatic heterocycles. The van der Waals surface area contributed by atoms with Crippen LogP contribution in [-0.4, -0.2) is 25.5 Å². The summed E-state index contributed by atoms with van der Waals surface area (Å²) in [5, 5.41) is 8.67. The highest BCUT2D eigenvalue weighted by atomic mass is 32.2. The van der Waals surface area contributed by atoms with Gasteiger partial charge < -0.3 is 5.11 Å². The Balaban J connectivity index is 3.09. The number of carboxylic acids is 1. The lowest BCUT2D eigenvalue weighted by atomic mass is 10.2. The van der Waals surface area contributed by atoms with Crippen LogP contribution in [-0.2, 0) is 14.8 Å². The molecule has 0 amide bonds. The molecule has 0 heterocycles. The third-order valence-electron chi connectivity index (χ3n) is 2.21. The molecule has 17 heavy (non-hydrogen) atoms. The standard InChI is InChI=1S/C11H15NO4S/c1-7-4-8(2)6-10(5-7)17(15,16)12-9(3)11(13)14/h4-6,9,12H,1-3H3,(H,13,14). The smallest absolute Gasteiger partial charge is 0.321 e. The first-order chi connectivity index (χ1) is 7.72. The van der Waals surface area contributed by atoms with Crippen LogP contribution in [0.5, 0.6) is 0 Å². The molecule has 94 valence electrons. The number of aryl methyl sites for hydroxylation is 2. The van der Waals surface area contributed by atoms with Crippen molar-refractivity contribution in [2.45, 2.75) is 31.7 Å². The molecule has 0 aromatic heterocycles. The predicted molar refractivity (Wildman–Crippen MR) is 63.3 cm³/mol. The lowest BCUT2D eigenvalue weighted by Gasteiger charge is -2.11. The van der Waals surface area contributed by atoms with E-state index >= 15 is 0 Å². The van der Waals surface area contributed by atoms with Crippen LogP contribution < -0.4 is 4.72 Å². The van der Waals surface area contributed by atoms with E-state index in [4.69, 9.17) is 5.11 Å². The van der Waals surface area contributed by atoms with E-state index in [-0.39, 0.29) is 4.90 Å². The second kappa shape index (κ2) is 4.85. The zero-order valence-corrected chi connectivity index (χ0v) is 10.7. The maximum absolute atomic E-state index is 11.9. The molecule has 5 nitrogen and oxygen atoms in total. The van der Waals surface area contributed by atoms with Crippen molar-refractivity contribution < 1.29 is 18.3 Å². The summed E-state index contributed by atoms with van der Waals surface area (Å²) in [6, 6.07) is 3.70. The molecule has 0 saturated carbocycles. The minimum absolute atomic E-state index is 0.0862. The Morgan fingerprint density at radius 1 is 1.24 bits per heavy atom. The number of carbonyl (C=O) groups is 1. The van der Waals surface area contributed by atoms with Crippen LogP contribution in [0.25, 0.3) is 0 Å². The minimum atomic E-state index is -3.78. The van der Waals surface area contributed by atoms with Gasteiger partial charge in [0.05, 0.1) is 4.90 Å². The highest BCUT2D eigenvalue weighted by Crippen LogP contribution is 2.14. The maximum Gasteiger partial charge on any atom is 0.321 e. The lowest BCUT2D eigenvalue weighted by Crippen LogP contribution is -2.38. The first-order valence-corrected chi connectivity index (χ1v) is 6.54. The fourth-order valence-corrected chi connectivity index (χ4v) is 2.82. The molecule has 0 fully saturated rings. The summed E-state index contributed by atoms with van der Waals surface area (Å²) in [5.74, 6) is -1.21. The van der Waals surface area contributed by atoms with E-state index < -0.39 is 22.0 Å². The molecule has 2 N–H and O–H groups in total. The first-order valence-electron chi connectivity index (χ1n) is 5.06. The van der Waals surface area contributed by atoms with Gasteiger partial charge in [0.15, 0.2) is 0 Å². The number of benzene rings is 1. The van der Waals surface area contributed by atoms with Crippen LogP contribution in [0.1, 0.15) is 18.1 Å². The molecule has 6 heteroatoms. The maximum atomic E-state index is 11.9. The number of sulfonamides is 1. The van der Waals surface area contributed by atoms with Crippen molar-refractivity contribution in [2.75, 3.05) is 0 Å². The summed E-state index contributed by atoms with van der Waals surface area (Å²) in [6.07, 6.45) is 0. The highest BCUT2D eigenvalue weighted by molar-refractivity contribution is 7.89. The molecule has 0 aliphatic rings. The Morgan fingerprint density at radius 3 is 2.12 bits per heavy atom. The quantitative estimate of drug-likeness (QED) is 0.844. The summed E-state index contributed by atoms with van der Waals surface area (Å²) >= 11 is 0. The molecule has 1 aromatic carbocycles. The zero-order valence-electron chi connectivity index (χ0n) is 9.89. The van der Waals surface area contributed by atoms with Crippen LogP contribution in [0, 0.1) is 13.8 Å². The average molecular weight is 257 g/mol. The molecular formula is C11H15NO4S. The van der Waals surface area contributed by atoms with Gasteiger partial charge in [-0.3, -0.25) is 4.79 Å². The molecule has 1 rings (SSSR count). The predicted octanol–water partition coefficient (Wildman–Crippen LogP) is 1.05. The number of hydrogen-bond acceptors (Lipinski definition) is 3. The van der Waals surface area contributed by atoms with Crippen LogP contribution >= 0.6 is 0 Å². The van der Waals surface area contributed by atoms with Gasteiger partial charge in [0.25, 0.3) is 0 Å². The van der Waals surface area contributed by atoms with Crippen molar-refractivity contribution in [3.8, 4) is 0 Å². The number of aliphatic carboxylic acids is 1. The van der Waals surface area contributed by atoms with Gasteiger partial charge in [0, 0.05) is 0 Å². The van der Waals surface area contributed by atoms with E-state index in [2.05, 4.69) is 4.72 Å². The second-order valence-electron chi connectivity index (χ2n) is 4.00. The number of hydrogen-bond donors (Lipinski definition) is 2. The van der Waals surface area contributed by atoms with Crippen molar-refractivity contribution >= 4 is 16.0 Å². The normalized spacial score (nSPS) is 13.4. The summed E-state index contributed by atoms with van der Waals surface area (Å²) in [7, 11) is -3.78. The van der Waals surface area contributed by atoms with Gasteiger partial charge in [-0.25, -0.2) is 8.42 Å². The Hall–Kier alpha value is -1.40. The molecule has 1 atom stereocenters. The molecule has 0 radical (unpaired) electrons. The summed E-state index contributed by atoms with van der Waals surface area (Å²) < 4.78 is 25.9. The van der Waals surface area contributed by atoms with Gasteiger partial charge in [0.1, 0.15) is 6.04 Å². The molecule has 1 unspecified atom stereocenters. The Morgan fingerprint density at radius 2 is 1.71 bits per heavy atom. The van der Waals surface area contributed by atoms with Gasteiger partial charge in [-0.05, 0) is 44.0 Å². The summed E-state index contributed by atoms with van der Waals surface area (Å²) in [6.45, 7) is 4.85. The Bertz CT molecular complexity index is 516. The molecule has 0 spiro atoms. The van der Waals surface area contributed by atoms with E-state index in [0.717, 1.165) is 11.1 Å². The second-order valence-corrected chi connectivity index (χ2v) is 5.72. The van der Waals surface area contributed by atoms with Crippen molar-refractivity contribution in [1.29, 1.82) is 0 Å². The minimum Gasteiger partial charge on any atom is -0.480 e. The fraction of sp³-hybridized carbons (Fsp3) is 0.364. The van der Waals surface area contributed by atoms with Crippen LogP contribution in [0.15, 0.2) is 23.1 Å². The Labute approximate surface area is 101 Å². The third kappa shape index (κ3) is 3.54. The van der Waals surface area contributed by atoms with Crippen molar-refractivity contribution in [3.05, 3.63) is 29.3 Å². The molecule has 0 bridgehead atoms. The van der Waals surface area contributed by atoms with E-state index in [9.17, 15) is 13.2 Å². The third-order valence-corrected chi connectivity index (χ3v) is 3.73.